The molecule has 0 atom stereocenters. The lowest BCUT2D eigenvalue weighted by Crippen LogP contribution is -2.33. The minimum absolute atomic E-state index is 0.105. The molecule has 2 N–H and O–H groups in total. The fraction of sp³-hybridized carbons (Fsp3) is 0.105. The molecule has 26 heavy (non-hydrogen) atoms. The average Bonchev–Trinajstić information content (AvgIpc) is 2.62. The summed E-state index contributed by atoms with van der Waals surface area (Å²) in [7, 11) is 0. The lowest BCUT2D eigenvalue weighted by Gasteiger charge is -2.13. The summed E-state index contributed by atoms with van der Waals surface area (Å²) < 4.78 is 1.78. The van der Waals surface area contributed by atoms with E-state index >= 15 is 0 Å². The van der Waals surface area contributed by atoms with Crippen LogP contribution in [-0.4, -0.2) is 28.1 Å². The maximum Gasteiger partial charge on any atom is 0.322 e. The van der Waals surface area contributed by atoms with E-state index in [0.717, 1.165) is 5.56 Å². The number of carboxylic acids is 1. The highest BCUT2D eigenvalue weighted by Gasteiger charge is 2.16. The summed E-state index contributed by atoms with van der Waals surface area (Å²) in [4.78, 5) is 35.6. The minimum Gasteiger partial charge on any atom is -0.480 e. The molecule has 0 fully saturated rings. The Kier molecular flexibility index (Phi) is 5.04. The number of pyridine rings is 1. The molecule has 0 aliphatic rings. The van der Waals surface area contributed by atoms with Crippen LogP contribution in [0.5, 0.6) is 0 Å². The monoisotopic (exact) mass is 370 g/mol. The largest absolute Gasteiger partial charge is 0.480 e. The molecule has 0 unspecified atom stereocenters. The van der Waals surface area contributed by atoms with E-state index in [2.05, 4.69) is 5.32 Å². The summed E-state index contributed by atoms with van der Waals surface area (Å²) in [5.41, 5.74) is 1.04. The van der Waals surface area contributed by atoms with Gasteiger partial charge in [-0.05, 0) is 29.8 Å². The standard InChI is InChI=1S/C19H15ClN2O4/c20-13-5-3-4-12(8-13)10-22-11-15(19(26)21-9-17(23)24)18(25)14-6-1-2-7-16(14)22/h1-8,11H,9-10H2,(H,21,26)(H,23,24). The number of rotatable bonds is 5. The van der Waals surface area contributed by atoms with Crippen molar-refractivity contribution in [2.45, 2.75) is 6.54 Å². The van der Waals surface area contributed by atoms with Crippen molar-refractivity contribution in [1.29, 1.82) is 0 Å². The van der Waals surface area contributed by atoms with Gasteiger partial charge in [0.05, 0.1) is 5.52 Å². The lowest BCUT2D eigenvalue weighted by atomic mass is 10.1. The third-order valence-electron chi connectivity index (χ3n) is 3.87. The molecular weight excluding hydrogens is 356 g/mol. The molecule has 0 aliphatic carbocycles. The number of hydrogen-bond donors (Lipinski definition) is 2. The molecule has 1 aromatic heterocycles. The van der Waals surface area contributed by atoms with Gasteiger partial charge in [-0.2, -0.15) is 0 Å². The number of benzene rings is 2. The van der Waals surface area contributed by atoms with Crippen LogP contribution in [0.1, 0.15) is 15.9 Å². The second-order valence-corrected chi connectivity index (χ2v) is 6.16. The van der Waals surface area contributed by atoms with Crippen molar-refractivity contribution in [3.05, 3.63) is 81.1 Å². The first-order chi connectivity index (χ1) is 12.5. The van der Waals surface area contributed by atoms with E-state index in [-0.39, 0.29) is 5.56 Å². The number of halogens is 1. The van der Waals surface area contributed by atoms with Gasteiger partial charge in [0.25, 0.3) is 5.91 Å². The molecule has 0 saturated heterocycles. The minimum atomic E-state index is -1.18. The van der Waals surface area contributed by atoms with Crippen LogP contribution in [0.3, 0.4) is 0 Å². The van der Waals surface area contributed by atoms with Crippen molar-refractivity contribution in [3.8, 4) is 0 Å². The number of nitrogens with zero attached hydrogens (tertiary/aromatic N) is 1. The number of carboxylic acid groups (broad SMARTS) is 1. The SMILES string of the molecule is O=C(O)CNC(=O)c1cn(Cc2cccc(Cl)c2)c2ccccc2c1=O. The second-order valence-electron chi connectivity index (χ2n) is 5.72. The van der Waals surface area contributed by atoms with Crippen molar-refractivity contribution >= 4 is 34.4 Å². The molecule has 3 aromatic rings. The van der Waals surface area contributed by atoms with Gasteiger partial charge in [0, 0.05) is 23.2 Å². The zero-order chi connectivity index (χ0) is 18.7. The number of carbonyl (C=O) groups is 2. The van der Waals surface area contributed by atoms with Gasteiger partial charge < -0.3 is 15.0 Å². The summed E-state index contributed by atoms with van der Waals surface area (Å²) in [5.74, 6) is -1.90. The lowest BCUT2D eigenvalue weighted by molar-refractivity contribution is -0.135. The van der Waals surface area contributed by atoms with Gasteiger partial charge in [0.1, 0.15) is 12.1 Å². The molecule has 3 rings (SSSR count). The van der Waals surface area contributed by atoms with E-state index in [1.54, 1.807) is 41.0 Å². The summed E-state index contributed by atoms with van der Waals surface area (Å²) in [5, 5.41) is 11.9. The van der Waals surface area contributed by atoms with Gasteiger partial charge in [-0.3, -0.25) is 14.4 Å². The van der Waals surface area contributed by atoms with E-state index in [1.807, 2.05) is 12.1 Å². The first-order valence-electron chi connectivity index (χ1n) is 7.82. The molecule has 0 spiro atoms. The molecule has 0 saturated carbocycles. The Morgan fingerprint density at radius 3 is 2.62 bits per heavy atom. The molecule has 0 bridgehead atoms. The third kappa shape index (κ3) is 3.75. The van der Waals surface area contributed by atoms with Crippen molar-refractivity contribution in [2.24, 2.45) is 0 Å². The first-order valence-corrected chi connectivity index (χ1v) is 8.20. The molecule has 1 amide bonds. The quantitative estimate of drug-likeness (QED) is 0.722. The van der Waals surface area contributed by atoms with Gasteiger partial charge in [0.2, 0.25) is 5.43 Å². The van der Waals surface area contributed by atoms with Crippen molar-refractivity contribution < 1.29 is 14.7 Å². The zero-order valence-corrected chi connectivity index (χ0v) is 14.4. The number of hydrogen-bond acceptors (Lipinski definition) is 3. The van der Waals surface area contributed by atoms with Crippen LogP contribution >= 0.6 is 11.6 Å². The average molecular weight is 371 g/mol. The van der Waals surface area contributed by atoms with Crippen molar-refractivity contribution in [1.82, 2.24) is 9.88 Å². The smallest absolute Gasteiger partial charge is 0.322 e. The zero-order valence-electron chi connectivity index (χ0n) is 13.6. The Bertz CT molecular complexity index is 1060. The Labute approximate surface area is 153 Å². The Hall–Kier alpha value is -3.12. The maximum atomic E-state index is 12.6. The molecule has 7 heteroatoms. The number of aliphatic carboxylic acids is 1. The predicted octanol–water partition coefficient (Wildman–Crippen LogP) is 2.52. The van der Waals surface area contributed by atoms with Crippen LogP contribution in [0, 0.1) is 0 Å². The van der Waals surface area contributed by atoms with Crippen molar-refractivity contribution in [3.63, 3.8) is 0 Å². The van der Waals surface area contributed by atoms with Gasteiger partial charge in [-0.25, -0.2) is 0 Å². The number of carbonyl (C=O) groups excluding carboxylic acids is 1. The number of aromatic nitrogens is 1. The predicted molar refractivity (Wildman–Crippen MR) is 98.7 cm³/mol. The Morgan fingerprint density at radius 1 is 1.12 bits per heavy atom. The Balaban J connectivity index is 2.09. The molecule has 132 valence electrons. The summed E-state index contributed by atoms with van der Waals surface area (Å²) in [6.45, 7) is -0.153. The molecule has 0 radical (unpaired) electrons. The molecule has 0 aliphatic heterocycles. The molecular formula is C19H15ClN2O4. The maximum absolute atomic E-state index is 12.6. The normalized spacial score (nSPS) is 10.7. The van der Waals surface area contributed by atoms with Crippen LogP contribution in [0.25, 0.3) is 10.9 Å². The summed E-state index contributed by atoms with van der Waals surface area (Å²) in [6, 6.07) is 14.2. The van der Waals surface area contributed by atoms with E-state index in [4.69, 9.17) is 16.7 Å². The highest BCUT2D eigenvalue weighted by molar-refractivity contribution is 6.30. The first kappa shape index (κ1) is 17.7. The van der Waals surface area contributed by atoms with Gasteiger partial charge in [-0.15, -0.1) is 0 Å². The summed E-state index contributed by atoms with van der Waals surface area (Å²) in [6.07, 6.45) is 1.45. The number of nitrogens with one attached hydrogen (secondary N) is 1. The van der Waals surface area contributed by atoms with Crippen LogP contribution < -0.4 is 10.7 Å². The van der Waals surface area contributed by atoms with Crippen LogP contribution in [0.4, 0.5) is 0 Å². The molecule has 1 heterocycles. The highest BCUT2D eigenvalue weighted by Crippen LogP contribution is 2.16. The van der Waals surface area contributed by atoms with Gasteiger partial charge in [0.15, 0.2) is 0 Å². The Morgan fingerprint density at radius 2 is 1.88 bits per heavy atom. The fourth-order valence-corrected chi connectivity index (χ4v) is 2.93. The van der Waals surface area contributed by atoms with E-state index < -0.39 is 23.9 Å². The topological polar surface area (TPSA) is 88.4 Å². The molecule has 2 aromatic carbocycles. The third-order valence-corrected chi connectivity index (χ3v) is 4.11. The van der Waals surface area contributed by atoms with Crippen LogP contribution in [-0.2, 0) is 11.3 Å². The molecule has 6 nitrogen and oxygen atoms in total. The second kappa shape index (κ2) is 7.41. The highest BCUT2D eigenvalue weighted by atomic mass is 35.5. The van der Waals surface area contributed by atoms with Crippen LogP contribution in [0.15, 0.2) is 59.5 Å². The number of para-hydroxylation sites is 1. The number of amides is 1. The van der Waals surface area contributed by atoms with Crippen molar-refractivity contribution in [2.75, 3.05) is 6.54 Å². The fourth-order valence-electron chi connectivity index (χ4n) is 2.72. The summed E-state index contributed by atoms with van der Waals surface area (Å²) >= 11 is 6.03. The van der Waals surface area contributed by atoms with E-state index in [0.29, 0.717) is 22.5 Å². The van der Waals surface area contributed by atoms with E-state index in [1.165, 1.54) is 6.20 Å². The van der Waals surface area contributed by atoms with Gasteiger partial charge >= 0.3 is 5.97 Å². The number of fused-ring (bicyclic) bond motifs is 1. The van der Waals surface area contributed by atoms with Crippen LogP contribution in [0.2, 0.25) is 5.02 Å². The van der Waals surface area contributed by atoms with E-state index in [9.17, 15) is 14.4 Å². The van der Waals surface area contributed by atoms with Gasteiger partial charge in [-0.1, -0.05) is 35.9 Å².